The summed E-state index contributed by atoms with van der Waals surface area (Å²) < 4.78 is 0. The minimum atomic E-state index is 0.491. The van der Waals surface area contributed by atoms with Crippen molar-refractivity contribution in [1.29, 1.82) is 0 Å². The summed E-state index contributed by atoms with van der Waals surface area (Å²) in [5.74, 6) is 2.48. The second kappa shape index (κ2) is 8.40. The van der Waals surface area contributed by atoms with Crippen LogP contribution in [0.5, 0.6) is 0 Å². The molecule has 0 unspecified atom stereocenters. The Kier molecular flexibility index (Phi) is 5.53. The van der Waals surface area contributed by atoms with Crippen LogP contribution in [0.1, 0.15) is 22.6 Å². The lowest BCUT2D eigenvalue weighted by atomic mass is 10.1. The Morgan fingerprint density at radius 2 is 1.79 bits per heavy atom. The molecule has 0 aliphatic carbocycles. The van der Waals surface area contributed by atoms with E-state index in [1.54, 1.807) is 0 Å². The van der Waals surface area contributed by atoms with Crippen molar-refractivity contribution in [2.45, 2.75) is 13.8 Å². The van der Waals surface area contributed by atoms with Crippen molar-refractivity contribution < 1.29 is 0 Å². The molecule has 3 aromatic rings. The molecule has 0 radical (unpaired) electrons. The third kappa shape index (κ3) is 4.78. The molecule has 0 bridgehead atoms. The predicted molar refractivity (Wildman–Crippen MR) is 116 cm³/mol. The van der Waals surface area contributed by atoms with Gasteiger partial charge in [-0.2, -0.15) is 20.1 Å². The molecular weight excluding hydrogens is 364 g/mol. The van der Waals surface area contributed by atoms with Gasteiger partial charge in [0.05, 0.1) is 0 Å². The molecule has 1 aliphatic rings. The van der Waals surface area contributed by atoms with E-state index in [1.807, 2.05) is 37.3 Å². The number of H-pyrrole nitrogens is 1. The van der Waals surface area contributed by atoms with Gasteiger partial charge in [-0.1, -0.05) is 30.3 Å². The number of aromatic amines is 1. The van der Waals surface area contributed by atoms with Crippen LogP contribution in [0.4, 0.5) is 17.7 Å². The number of rotatable bonds is 5. The topological polar surface area (TPSA) is 85.9 Å². The number of nitrogens with zero attached hydrogens (tertiary/aromatic N) is 6. The van der Waals surface area contributed by atoms with Gasteiger partial charge in [0.2, 0.25) is 11.9 Å². The first-order chi connectivity index (χ1) is 14.1. The van der Waals surface area contributed by atoms with Gasteiger partial charge in [0.15, 0.2) is 11.6 Å². The average Bonchev–Trinajstić information content (AvgIpc) is 3.12. The molecule has 1 fully saturated rings. The van der Waals surface area contributed by atoms with Crippen LogP contribution in [0.15, 0.2) is 30.3 Å². The van der Waals surface area contributed by atoms with Crippen LogP contribution in [0.3, 0.4) is 0 Å². The van der Waals surface area contributed by atoms with Crippen molar-refractivity contribution in [3.8, 4) is 0 Å². The van der Waals surface area contributed by atoms with Crippen molar-refractivity contribution in [3.05, 3.63) is 53.0 Å². The number of hydrogen-bond donors (Lipinski definition) is 2. The molecule has 2 aromatic heterocycles. The van der Waals surface area contributed by atoms with Gasteiger partial charge in [-0.05, 0) is 38.1 Å². The number of anilines is 3. The Bertz CT molecular complexity index is 1000. The summed E-state index contributed by atoms with van der Waals surface area (Å²) >= 11 is 0. The van der Waals surface area contributed by atoms with Gasteiger partial charge in [0.1, 0.15) is 0 Å². The Morgan fingerprint density at radius 1 is 1.00 bits per heavy atom. The lowest BCUT2D eigenvalue weighted by molar-refractivity contribution is 0.311. The number of likely N-dealkylation sites (N-methyl/N-ethyl adjacent to an activating group) is 1. The van der Waals surface area contributed by atoms with Crippen LogP contribution in [0.2, 0.25) is 0 Å². The molecule has 1 aliphatic heterocycles. The maximum atomic E-state index is 4.70. The Balaban J connectivity index is 1.64. The molecule has 150 valence electrons. The Labute approximate surface area is 170 Å². The number of piperazine rings is 1. The van der Waals surface area contributed by atoms with E-state index in [2.05, 4.69) is 61.4 Å². The molecule has 8 heteroatoms. The SMILES string of the molecule is Cc1cc(Nc2nc(/C=C/c3ccccc3C)nc(N3CCN(C)CC3)n2)n[nH]1. The van der Waals surface area contributed by atoms with Crippen LogP contribution < -0.4 is 10.2 Å². The highest BCUT2D eigenvalue weighted by atomic mass is 15.3. The highest BCUT2D eigenvalue weighted by Crippen LogP contribution is 2.18. The molecule has 4 rings (SSSR count). The largest absolute Gasteiger partial charge is 0.338 e. The summed E-state index contributed by atoms with van der Waals surface area (Å²) in [4.78, 5) is 18.4. The number of hydrogen-bond acceptors (Lipinski definition) is 7. The molecule has 3 heterocycles. The fraction of sp³-hybridized carbons (Fsp3) is 0.333. The number of benzene rings is 1. The van der Waals surface area contributed by atoms with E-state index in [9.17, 15) is 0 Å². The first-order valence-electron chi connectivity index (χ1n) is 9.79. The third-order valence-electron chi connectivity index (χ3n) is 4.97. The fourth-order valence-electron chi connectivity index (χ4n) is 3.19. The molecule has 1 aromatic carbocycles. The van der Waals surface area contributed by atoms with E-state index in [4.69, 9.17) is 4.98 Å². The minimum absolute atomic E-state index is 0.491. The van der Waals surface area contributed by atoms with Crippen molar-refractivity contribution in [2.75, 3.05) is 43.4 Å². The lowest BCUT2D eigenvalue weighted by Crippen LogP contribution is -2.45. The van der Waals surface area contributed by atoms with Gasteiger partial charge in [-0.3, -0.25) is 5.10 Å². The molecular formula is C21H26N8. The van der Waals surface area contributed by atoms with E-state index >= 15 is 0 Å². The van der Waals surface area contributed by atoms with Gasteiger partial charge < -0.3 is 15.1 Å². The average molecular weight is 390 g/mol. The monoisotopic (exact) mass is 390 g/mol. The second-order valence-corrected chi connectivity index (χ2v) is 7.36. The van der Waals surface area contributed by atoms with Crippen molar-refractivity contribution in [2.24, 2.45) is 0 Å². The first-order valence-corrected chi connectivity index (χ1v) is 9.79. The predicted octanol–water partition coefficient (Wildman–Crippen LogP) is 2.88. The molecule has 0 amide bonds. The number of aromatic nitrogens is 5. The third-order valence-corrected chi connectivity index (χ3v) is 4.97. The highest BCUT2D eigenvalue weighted by Gasteiger charge is 2.18. The highest BCUT2D eigenvalue weighted by molar-refractivity contribution is 5.69. The normalized spacial score (nSPS) is 15.2. The molecule has 0 saturated carbocycles. The Morgan fingerprint density at radius 3 is 2.52 bits per heavy atom. The number of nitrogens with one attached hydrogen (secondary N) is 2. The number of aryl methyl sites for hydroxylation is 2. The van der Waals surface area contributed by atoms with E-state index in [0.29, 0.717) is 23.5 Å². The van der Waals surface area contributed by atoms with E-state index < -0.39 is 0 Å². The summed E-state index contributed by atoms with van der Waals surface area (Å²) in [7, 11) is 2.13. The van der Waals surface area contributed by atoms with Gasteiger partial charge in [-0.25, -0.2) is 0 Å². The van der Waals surface area contributed by atoms with Gasteiger partial charge in [0, 0.05) is 37.9 Å². The smallest absolute Gasteiger partial charge is 0.233 e. The van der Waals surface area contributed by atoms with E-state index in [1.165, 1.54) is 5.56 Å². The second-order valence-electron chi connectivity index (χ2n) is 7.36. The molecule has 2 N–H and O–H groups in total. The summed E-state index contributed by atoms with van der Waals surface area (Å²) in [5.41, 5.74) is 3.33. The van der Waals surface area contributed by atoms with Crippen LogP contribution in [-0.4, -0.2) is 63.3 Å². The summed E-state index contributed by atoms with van der Waals surface area (Å²) in [6.45, 7) is 7.81. The van der Waals surface area contributed by atoms with Gasteiger partial charge in [-0.15, -0.1) is 0 Å². The van der Waals surface area contributed by atoms with E-state index in [-0.39, 0.29) is 0 Å². The standard InChI is InChI=1S/C21H26N8/c1-15-6-4-5-7-17(15)8-9-18-22-20(23-19-14-16(2)26-27-19)25-21(24-18)29-12-10-28(3)11-13-29/h4-9,14H,10-13H2,1-3H3,(H2,22,23,24,25,26,27)/b9-8+. The van der Waals surface area contributed by atoms with Crippen LogP contribution in [-0.2, 0) is 0 Å². The van der Waals surface area contributed by atoms with Crippen LogP contribution in [0, 0.1) is 13.8 Å². The lowest BCUT2D eigenvalue weighted by Gasteiger charge is -2.32. The van der Waals surface area contributed by atoms with Crippen molar-refractivity contribution in [3.63, 3.8) is 0 Å². The van der Waals surface area contributed by atoms with Crippen LogP contribution >= 0.6 is 0 Å². The van der Waals surface area contributed by atoms with Crippen molar-refractivity contribution in [1.82, 2.24) is 30.0 Å². The molecule has 0 spiro atoms. The fourth-order valence-corrected chi connectivity index (χ4v) is 3.19. The summed E-state index contributed by atoms with van der Waals surface area (Å²) in [6.07, 6.45) is 3.98. The van der Waals surface area contributed by atoms with Crippen molar-refractivity contribution >= 4 is 29.9 Å². The quantitative estimate of drug-likeness (QED) is 0.693. The molecule has 29 heavy (non-hydrogen) atoms. The first kappa shape index (κ1) is 19.1. The van der Waals surface area contributed by atoms with E-state index in [0.717, 1.165) is 37.4 Å². The minimum Gasteiger partial charge on any atom is -0.338 e. The zero-order chi connectivity index (χ0) is 20.2. The van der Waals surface area contributed by atoms with Gasteiger partial charge in [0.25, 0.3) is 0 Å². The molecule has 1 saturated heterocycles. The summed E-state index contributed by atoms with van der Waals surface area (Å²) in [5, 5.41) is 10.3. The van der Waals surface area contributed by atoms with Crippen LogP contribution in [0.25, 0.3) is 12.2 Å². The molecule has 0 atom stereocenters. The Hall–Kier alpha value is -3.26. The maximum Gasteiger partial charge on any atom is 0.233 e. The summed E-state index contributed by atoms with van der Waals surface area (Å²) in [6, 6.07) is 10.2. The maximum absolute atomic E-state index is 4.70. The zero-order valence-electron chi connectivity index (χ0n) is 17.1. The van der Waals surface area contributed by atoms with Gasteiger partial charge >= 0.3 is 0 Å². The zero-order valence-corrected chi connectivity index (χ0v) is 17.1. The molecule has 8 nitrogen and oxygen atoms in total.